The standard InChI is InChI=1S/C8H15O10P/c9-4-1-6(5(10)3-17-19(14,15)16)18-8(13,2-4)7(11)12/h4-6,9-10,13H,1-3H2,(H,11,12)(H2,14,15,16)/t4-,5-,6+,8-/m1/s1/i2D/t2-,4+,5+,6-,8+/m0. The van der Waals surface area contributed by atoms with Gasteiger partial charge in [-0.15, -0.1) is 0 Å². The van der Waals surface area contributed by atoms with Gasteiger partial charge in [0.25, 0.3) is 5.79 Å². The van der Waals surface area contributed by atoms with Gasteiger partial charge < -0.3 is 34.9 Å². The average Bonchev–Trinajstić information content (AvgIpc) is 2.31. The molecule has 0 spiro atoms. The summed E-state index contributed by atoms with van der Waals surface area (Å²) in [5, 5.41) is 37.6. The molecule has 112 valence electrons. The van der Waals surface area contributed by atoms with Gasteiger partial charge in [0.05, 0.1) is 18.8 Å². The van der Waals surface area contributed by atoms with Crippen molar-refractivity contribution in [2.45, 2.75) is 36.9 Å². The zero-order chi connectivity index (χ0) is 15.7. The first kappa shape index (κ1) is 14.8. The highest BCUT2D eigenvalue weighted by Crippen LogP contribution is 2.37. The number of phosphoric ester groups is 1. The number of hydrogen-bond donors (Lipinski definition) is 6. The molecule has 1 aliphatic heterocycles. The van der Waals surface area contributed by atoms with E-state index in [1.807, 2.05) is 0 Å². The normalized spacial score (nSPS) is 38.6. The Morgan fingerprint density at radius 1 is 1.63 bits per heavy atom. The Hall–Kier alpha value is -0.580. The number of carboxylic acid groups (broad SMARTS) is 1. The molecule has 1 saturated heterocycles. The lowest BCUT2D eigenvalue weighted by Crippen LogP contribution is -2.55. The van der Waals surface area contributed by atoms with Crippen molar-refractivity contribution in [1.29, 1.82) is 0 Å². The molecule has 0 unspecified atom stereocenters. The summed E-state index contributed by atoms with van der Waals surface area (Å²) in [6, 6.07) is 0. The molecule has 5 atom stereocenters. The molecule has 19 heavy (non-hydrogen) atoms. The summed E-state index contributed by atoms with van der Waals surface area (Å²) in [6.07, 6.45) is -7.10. The molecule has 1 aliphatic rings. The Morgan fingerprint density at radius 2 is 2.21 bits per heavy atom. The quantitative estimate of drug-likeness (QED) is 0.305. The van der Waals surface area contributed by atoms with E-state index in [4.69, 9.17) is 16.3 Å². The number of aliphatic hydroxyl groups excluding tert-OH is 2. The predicted octanol–water partition coefficient (Wildman–Crippen LogP) is -2.23. The molecule has 0 aromatic carbocycles. The fourth-order valence-corrected chi connectivity index (χ4v) is 1.87. The van der Waals surface area contributed by atoms with E-state index in [0.29, 0.717) is 0 Å². The second-order valence-electron chi connectivity index (χ2n) is 3.98. The maximum atomic E-state index is 10.9. The van der Waals surface area contributed by atoms with Gasteiger partial charge in [-0.25, -0.2) is 9.36 Å². The van der Waals surface area contributed by atoms with Crippen LogP contribution in [0.3, 0.4) is 0 Å². The third kappa shape index (κ3) is 4.79. The summed E-state index contributed by atoms with van der Waals surface area (Å²) in [6.45, 7) is -0.903. The van der Waals surface area contributed by atoms with Crippen molar-refractivity contribution in [3.8, 4) is 0 Å². The van der Waals surface area contributed by atoms with Crippen LogP contribution in [0.5, 0.6) is 0 Å². The lowest BCUT2D eigenvalue weighted by atomic mass is 9.96. The first-order chi connectivity index (χ1) is 8.97. The summed E-state index contributed by atoms with van der Waals surface area (Å²) in [7, 11) is -4.84. The molecule has 0 radical (unpaired) electrons. The molecule has 0 aromatic heterocycles. The minimum absolute atomic E-state index is 0.407. The second-order valence-corrected chi connectivity index (χ2v) is 5.22. The highest BCUT2D eigenvalue weighted by molar-refractivity contribution is 7.46. The van der Waals surface area contributed by atoms with Gasteiger partial charge in [-0.3, -0.25) is 4.52 Å². The smallest absolute Gasteiger partial charge is 0.469 e. The molecule has 0 aromatic rings. The van der Waals surface area contributed by atoms with Crippen LogP contribution in [-0.2, 0) is 18.6 Å². The largest absolute Gasteiger partial charge is 0.477 e. The highest BCUT2D eigenvalue weighted by atomic mass is 31.2. The Morgan fingerprint density at radius 3 is 2.68 bits per heavy atom. The number of hydrogen-bond acceptors (Lipinski definition) is 7. The fraction of sp³-hybridized carbons (Fsp3) is 0.875. The van der Waals surface area contributed by atoms with Crippen LogP contribution in [0, 0.1) is 0 Å². The van der Waals surface area contributed by atoms with Crippen LogP contribution in [0.1, 0.15) is 14.2 Å². The molecule has 1 heterocycles. The number of aliphatic carboxylic acids is 1. The highest BCUT2D eigenvalue weighted by Gasteiger charge is 2.48. The van der Waals surface area contributed by atoms with E-state index in [2.05, 4.69) is 9.26 Å². The maximum absolute atomic E-state index is 10.9. The van der Waals surface area contributed by atoms with Crippen LogP contribution in [0.15, 0.2) is 0 Å². The number of carboxylic acids is 1. The number of aliphatic hydroxyl groups is 3. The van der Waals surface area contributed by atoms with Crippen molar-refractivity contribution in [3.05, 3.63) is 0 Å². The van der Waals surface area contributed by atoms with E-state index in [1.54, 1.807) is 0 Å². The Kier molecular flexibility index (Phi) is 4.54. The molecular formula is C8H15O10P. The summed E-state index contributed by atoms with van der Waals surface area (Å²) in [5.41, 5.74) is 0. The number of rotatable bonds is 5. The molecule has 0 bridgehead atoms. The van der Waals surface area contributed by atoms with E-state index in [0.717, 1.165) is 0 Å². The van der Waals surface area contributed by atoms with E-state index in [1.165, 1.54) is 0 Å². The van der Waals surface area contributed by atoms with Gasteiger partial charge in [0.2, 0.25) is 0 Å². The van der Waals surface area contributed by atoms with Crippen molar-refractivity contribution in [2.24, 2.45) is 0 Å². The molecule has 1 fully saturated rings. The minimum Gasteiger partial charge on any atom is -0.477 e. The molecule has 0 saturated carbocycles. The third-order valence-electron chi connectivity index (χ3n) is 2.37. The summed E-state index contributed by atoms with van der Waals surface area (Å²) < 4.78 is 26.5. The molecule has 6 N–H and O–H groups in total. The van der Waals surface area contributed by atoms with Gasteiger partial charge in [0.1, 0.15) is 6.10 Å². The van der Waals surface area contributed by atoms with Gasteiger partial charge >= 0.3 is 13.8 Å². The van der Waals surface area contributed by atoms with Gasteiger partial charge in [-0.1, -0.05) is 0 Å². The van der Waals surface area contributed by atoms with Crippen LogP contribution < -0.4 is 0 Å². The third-order valence-corrected chi connectivity index (χ3v) is 2.86. The number of phosphoric acid groups is 1. The predicted molar refractivity (Wildman–Crippen MR) is 56.7 cm³/mol. The number of carbonyl (C=O) groups is 1. The van der Waals surface area contributed by atoms with Crippen molar-refractivity contribution in [1.82, 2.24) is 0 Å². The molecular weight excluding hydrogens is 287 g/mol. The minimum atomic E-state index is -4.84. The molecule has 11 heteroatoms. The summed E-state index contributed by atoms with van der Waals surface area (Å²) in [4.78, 5) is 27.8. The monoisotopic (exact) mass is 303 g/mol. The van der Waals surface area contributed by atoms with Crippen LogP contribution in [0.2, 0.25) is 0 Å². The maximum Gasteiger partial charge on any atom is 0.469 e. The number of ether oxygens (including phenoxy) is 1. The Balaban J connectivity index is 2.77. The van der Waals surface area contributed by atoms with E-state index >= 15 is 0 Å². The van der Waals surface area contributed by atoms with E-state index < -0.39 is 57.3 Å². The lowest BCUT2D eigenvalue weighted by molar-refractivity contribution is -0.283. The zero-order valence-electron chi connectivity index (χ0n) is 10.5. The van der Waals surface area contributed by atoms with Crippen LogP contribution in [0.25, 0.3) is 0 Å². The molecule has 0 aliphatic carbocycles. The molecule has 0 amide bonds. The second kappa shape index (κ2) is 5.81. The van der Waals surface area contributed by atoms with Gasteiger partial charge in [0, 0.05) is 14.2 Å². The lowest BCUT2D eigenvalue weighted by Gasteiger charge is -2.38. The SMILES string of the molecule is [2H][C@H]1[C@H](O)C[C@@H]([C@H](O)COP(=O)(O)O)O[C@@]1(O)C(=O)O. The summed E-state index contributed by atoms with van der Waals surface area (Å²) in [5.74, 6) is -4.96. The summed E-state index contributed by atoms with van der Waals surface area (Å²) >= 11 is 0. The van der Waals surface area contributed by atoms with Crippen molar-refractivity contribution < 1.29 is 50.2 Å². The van der Waals surface area contributed by atoms with Gasteiger partial charge in [-0.2, -0.15) is 0 Å². The first-order valence-corrected chi connectivity index (χ1v) is 6.62. The topological polar surface area (TPSA) is 174 Å². The van der Waals surface area contributed by atoms with Crippen LogP contribution >= 0.6 is 7.82 Å². The van der Waals surface area contributed by atoms with Gasteiger partial charge in [-0.05, 0) is 0 Å². The van der Waals surface area contributed by atoms with Crippen molar-refractivity contribution in [3.63, 3.8) is 0 Å². The van der Waals surface area contributed by atoms with Crippen molar-refractivity contribution in [2.75, 3.05) is 6.61 Å². The van der Waals surface area contributed by atoms with Crippen LogP contribution in [0.4, 0.5) is 0 Å². The molecule has 1 rings (SSSR count). The Bertz CT molecular complexity index is 412. The first-order valence-electron chi connectivity index (χ1n) is 5.67. The Labute approximate surface area is 108 Å². The van der Waals surface area contributed by atoms with E-state index in [-0.39, 0.29) is 0 Å². The van der Waals surface area contributed by atoms with Crippen LogP contribution in [-0.4, -0.2) is 66.9 Å². The van der Waals surface area contributed by atoms with E-state index in [9.17, 15) is 24.7 Å². The average molecular weight is 303 g/mol. The van der Waals surface area contributed by atoms with Gasteiger partial charge in [0.15, 0.2) is 0 Å². The van der Waals surface area contributed by atoms with Crippen molar-refractivity contribution >= 4 is 13.8 Å². The molecule has 10 nitrogen and oxygen atoms in total. The zero-order valence-corrected chi connectivity index (χ0v) is 10.4. The fourth-order valence-electron chi connectivity index (χ4n) is 1.52.